The number of pyridine rings is 1. The number of aromatic nitrogens is 1. The fourth-order valence-electron chi connectivity index (χ4n) is 1.66. The van der Waals surface area contributed by atoms with Crippen LogP contribution in [0.3, 0.4) is 0 Å². The lowest BCUT2D eigenvalue weighted by molar-refractivity contribution is -0.124. The van der Waals surface area contributed by atoms with Crippen molar-refractivity contribution in [3.05, 3.63) is 29.6 Å². The van der Waals surface area contributed by atoms with Crippen LogP contribution in [-0.4, -0.2) is 15.9 Å². The molecule has 1 heterocycles. The van der Waals surface area contributed by atoms with Crippen LogP contribution in [0.1, 0.15) is 24.1 Å². The molecule has 1 saturated carbocycles. The molecule has 0 aliphatic heterocycles. The minimum Gasteiger partial charge on any atom is -0.392 e. The van der Waals surface area contributed by atoms with Gasteiger partial charge in [0.15, 0.2) is 0 Å². The highest BCUT2D eigenvalue weighted by Crippen LogP contribution is 2.46. The highest BCUT2D eigenvalue weighted by molar-refractivity contribution is 7.80. The van der Waals surface area contributed by atoms with Gasteiger partial charge in [0, 0.05) is 18.4 Å². The zero-order valence-electron chi connectivity index (χ0n) is 9.69. The van der Waals surface area contributed by atoms with Gasteiger partial charge in [0.05, 0.1) is 10.4 Å². The van der Waals surface area contributed by atoms with Gasteiger partial charge in [-0.15, -0.1) is 0 Å². The molecule has 0 bridgehead atoms. The summed E-state index contributed by atoms with van der Waals surface area (Å²) in [6.45, 7) is 2.39. The molecule has 0 saturated heterocycles. The van der Waals surface area contributed by atoms with E-state index >= 15 is 0 Å². The lowest BCUT2D eigenvalue weighted by Crippen LogP contribution is -2.39. The summed E-state index contributed by atoms with van der Waals surface area (Å²) in [7, 11) is 0. The van der Waals surface area contributed by atoms with Crippen LogP contribution in [0.2, 0.25) is 0 Å². The summed E-state index contributed by atoms with van der Waals surface area (Å²) in [5, 5.41) is 2.86. The van der Waals surface area contributed by atoms with Crippen LogP contribution in [0, 0.1) is 12.3 Å². The maximum absolute atomic E-state index is 11.9. The van der Waals surface area contributed by atoms with Crippen LogP contribution in [-0.2, 0) is 11.3 Å². The van der Waals surface area contributed by atoms with Crippen LogP contribution in [0.4, 0.5) is 0 Å². The maximum atomic E-state index is 11.9. The third kappa shape index (κ3) is 2.44. The van der Waals surface area contributed by atoms with Gasteiger partial charge in [-0.2, -0.15) is 0 Å². The predicted molar refractivity (Wildman–Crippen MR) is 69.3 cm³/mol. The van der Waals surface area contributed by atoms with Gasteiger partial charge in [-0.1, -0.05) is 18.3 Å². The molecule has 5 heteroatoms. The van der Waals surface area contributed by atoms with E-state index in [2.05, 4.69) is 10.3 Å². The Labute approximate surface area is 106 Å². The largest absolute Gasteiger partial charge is 0.392 e. The number of nitrogens with one attached hydrogen (secondary N) is 1. The Morgan fingerprint density at radius 1 is 1.59 bits per heavy atom. The number of nitrogens with zero attached hydrogens (tertiary/aromatic N) is 1. The Hall–Kier alpha value is -1.49. The van der Waals surface area contributed by atoms with Gasteiger partial charge in [-0.25, -0.2) is 0 Å². The van der Waals surface area contributed by atoms with E-state index in [1.807, 2.05) is 19.1 Å². The molecule has 3 N–H and O–H groups in total. The number of rotatable bonds is 4. The lowest BCUT2D eigenvalue weighted by Gasteiger charge is -2.13. The van der Waals surface area contributed by atoms with Gasteiger partial charge in [-0.05, 0) is 31.4 Å². The van der Waals surface area contributed by atoms with Crippen LogP contribution in [0.5, 0.6) is 0 Å². The van der Waals surface area contributed by atoms with Crippen LogP contribution in [0.25, 0.3) is 0 Å². The average molecular weight is 249 g/mol. The van der Waals surface area contributed by atoms with Crippen LogP contribution < -0.4 is 11.1 Å². The van der Waals surface area contributed by atoms with E-state index in [-0.39, 0.29) is 5.91 Å². The first-order valence-corrected chi connectivity index (χ1v) is 5.95. The van der Waals surface area contributed by atoms with Gasteiger partial charge >= 0.3 is 0 Å². The van der Waals surface area contributed by atoms with E-state index in [9.17, 15) is 4.79 Å². The Balaban J connectivity index is 1.93. The molecule has 4 nitrogen and oxygen atoms in total. The van der Waals surface area contributed by atoms with E-state index in [0.29, 0.717) is 11.5 Å². The van der Waals surface area contributed by atoms with E-state index in [0.717, 1.165) is 24.1 Å². The van der Waals surface area contributed by atoms with Crippen molar-refractivity contribution in [3.63, 3.8) is 0 Å². The second kappa shape index (κ2) is 4.41. The molecule has 90 valence electrons. The van der Waals surface area contributed by atoms with Crippen LogP contribution in [0.15, 0.2) is 18.3 Å². The van der Waals surface area contributed by atoms with Crippen molar-refractivity contribution in [2.75, 3.05) is 0 Å². The third-order valence-corrected chi connectivity index (χ3v) is 3.47. The molecule has 1 aromatic heterocycles. The number of carbonyl (C=O) groups is 1. The Morgan fingerprint density at radius 3 is 2.76 bits per heavy atom. The van der Waals surface area contributed by atoms with Crippen LogP contribution >= 0.6 is 12.2 Å². The van der Waals surface area contributed by atoms with Gasteiger partial charge in [-0.3, -0.25) is 9.78 Å². The van der Waals surface area contributed by atoms with Crippen molar-refractivity contribution < 1.29 is 4.79 Å². The van der Waals surface area contributed by atoms with Crippen molar-refractivity contribution in [2.45, 2.75) is 26.3 Å². The normalized spacial score (nSPS) is 16.3. The number of carbonyl (C=O) groups excluding carboxylic acids is 1. The van der Waals surface area contributed by atoms with Crippen molar-refractivity contribution in [3.8, 4) is 0 Å². The fraction of sp³-hybridized carbons (Fsp3) is 0.417. The summed E-state index contributed by atoms with van der Waals surface area (Å²) in [5.41, 5.74) is 6.94. The summed E-state index contributed by atoms with van der Waals surface area (Å²) in [4.78, 5) is 16.4. The topological polar surface area (TPSA) is 68.0 Å². The lowest BCUT2D eigenvalue weighted by atomic mass is 10.1. The molecule has 0 spiro atoms. The summed E-state index contributed by atoms with van der Waals surface area (Å²) in [5.74, 6) is -0.0643. The average Bonchev–Trinajstić information content (AvgIpc) is 3.09. The molecular weight excluding hydrogens is 234 g/mol. The Morgan fingerprint density at radius 2 is 2.29 bits per heavy atom. The molecule has 1 fully saturated rings. The van der Waals surface area contributed by atoms with E-state index in [1.54, 1.807) is 6.20 Å². The zero-order chi connectivity index (χ0) is 12.5. The third-order valence-electron chi connectivity index (χ3n) is 3.08. The van der Waals surface area contributed by atoms with E-state index in [1.165, 1.54) is 0 Å². The standard InChI is InChI=1S/C12H15N3OS/c1-8-2-3-9(6-14-8)7-15-11(16)12(4-5-12)10(13)17/h2-3,6H,4-5,7H2,1H3,(H2,13,17)(H,15,16). The monoisotopic (exact) mass is 249 g/mol. The van der Waals surface area contributed by atoms with Crippen molar-refractivity contribution in [1.29, 1.82) is 0 Å². The molecule has 0 radical (unpaired) electrons. The zero-order valence-corrected chi connectivity index (χ0v) is 10.5. The molecule has 0 atom stereocenters. The number of nitrogens with two attached hydrogens (primary N) is 1. The second-order valence-corrected chi connectivity index (χ2v) is 4.88. The molecule has 1 amide bonds. The number of hydrogen-bond donors (Lipinski definition) is 2. The highest BCUT2D eigenvalue weighted by Gasteiger charge is 2.52. The molecular formula is C12H15N3OS. The summed E-state index contributed by atoms with van der Waals surface area (Å²) in [6, 6.07) is 3.87. The Kier molecular flexibility index (Phi) is 3.11. The quantitative estimate of drug-likeness (QED) is 0.783. The smallest absolute Gasteiger partial charge is 0.233 e. The maximum Gasteiger partial charge on any atom is 0.233 e. The van der Waals surface area contributed by atoms with E-state index in [4.69, 9.17) is 18.0 Å². The molecule has 1 aliphatic carbocycles. The van der Waals surface area contributed by atoms with Crippen molar-refractivity contribution in [2.24, 2.45) is 11.1 Å². The van der Waals surface area contributed by atoms with E-state index < -0.39 is 5.41 Å². The summed E-state index contributed by atoms with van der Waals surface area (Å²) in [6.07, 6.45) is 3.29. The number of amides is 1. The number of thiocarbonyl (C=S) groups is 1. The molecule has 0 aromatic carbocycles. The summed E-state index contributed by atoms with van der Waals surface area (Å²) >= 11 is 4.92. The minimum atomic E-state index is -0.576. The summed E-state index contributed by atoms with van der Waals surface area (Å²) < 4.78 is 0. The number of aryl methyl sites for hydroxylation is 1. The first-order valence-electron chi connectivity index (χ1n) is 5.54. The minimum absolute atomic E-state index is 0.0643. The van der Waals surface area contributed by atoms with Crippen molar-refractivity contribution >= 4 is 23.1 Å². The molecule has 0 unspecified atom stereocenters. The molecule has 17 heavy (non-hydrogen) atoms. The van der Waals surface area contributed by atoms with Gasteiger partial charge < -0.3 is 11.1 Å². The SMILES string of the molecule is Cc1ccc(CNC(=O)C2(C(N)=S)CC2)cn1. The Bertz CT molecular complexity index is 451. The first-order chi connectivity index (χ1) is 8.04. The van der Waals surface area contributed by atoms with Gasteiger partial charge in [0.2, 0.25) is 5.91 Å². The van der Waals surface area contributed by atoms with Crippen molar-refractivity contribution in [1.82, 2.24) is 10.3 Å². The van der Waals surface area contributed by atoms with Gasteiger partial charge in [0.1, 0.15) is 0 Å². The molecule has 1 aliphatic rings. The fourth-order valence-corrected chi connectivity index (χ4v) is 1.96. The van der Waals surface area contributed by atoms with Gasteiger partial charge in [0.25, 0.3) is 0 Å². The second-order valence-electron chi connectivity index (χ2n) is 4.44. The molecule has 1 aromatic rings. The first kappa shape index (κ1) is 12.0. The number of hydrogen-bond acceptors (Lipinski definition) is 3. The highest BCUT2D eigenvalue weighted by atomic mass is 32.1. The predicted octanol–water partition coefficient (Wildman–Crippen LogP) is 1.07. The molecule has 2 rings (SSSR count).